The van der Waals surface area contributed by atoms with E-state index in [1.54, 1.807) is 20.8 Å². The van der Waals surface area contributed by atoms with Gasteiger partial charge in [-0.1, -0.05) is 0 Å². The molecular formula is C12H21NO5. The van der Waals surface area contributed by atoms with E-state index in [4.69, 9.17) is 9.84 Å². The van der Waals surface area contributed by atoms with Crippen molar-refractivity contribution in [2.75, 3.05) is 0 Å². The molecule has 0 heterocycles. The first kappa shape index (κ1) is 14.8. The molecule has 0 aromatic carbocycles. The molecule has 3 atom stereocenters. The largest absolute Gasteiger partial charge is 0.481 e. The monoisotopic (exact) mass is 259 g/mol. The first-order valence-electron chi connectivity index (χ1n) is 6.09. The van der Waals surface area contributed by atoms with Gasteiger partial charge in [0.1, 0.15) is 5.60 Å². The first-order chi connectivity index (χ1) is 8.19. The van der Waals surface area contributed by atoms with Crippen molar-refractivity contribution < 1.29 is 24.5 Å². The summed E-state index contributed by atoms with van der Waals surface area (Å²) in [5.74, 6) is -1.43. The summed E-state index contributed by atoms with van der Waals surface area (Å²) < 4.78 is 5.09. The Morgan fingerprint density at radius 3 is 2.33 bits per heavy atom. The highest BCUT2D eigenvalue weighted by Gasteiger charge is 2.34. The molecule has 0 saturated heterocycles. The number of aliphatic hydroxyl groups is 1. The zero-order chi connectivity index (χ0) is 13.9. The van der Waals surface area contributed by atoms with E-state index in [1.165, 1.54) is 0 Å². The van der Waals surface area contributed by atoms with Gasteiger partial charge in [0.25, 0.3) is 0 Å². The molecule has 1 aliphatic carbocycles. The molecule has 0 radical (unpaired) electrons. The summed E-state index contributed by atoms with van der Waals surface area (Å²) >= 11 is 0. The molecule has 1 fully saturated rings. The highest BCUT2D eigenvalue weighted by atomic mass is 16.6. The van der Waals surface area contributed by atoms with Crippen LogP contribution in [0, 0.1) is 5.92 Å². The SMILES string of the molecule is CC(C)(C)OC(=O)N[C@H]1CC[C@H](C(=O)O)C[C@@H]1O. The standard InChI is InChI=1S/C12H21NO5/c1-12(2,3)18-11(17)13-8-5-4-7(10(15)16)6-9(8)14/h7-9,14H,4-6H2,1-3H3,(H,13,17)(H,15,16)/t7-,8-,9-/m0/s1. The summed E-state index contributed by atoms with van der Waals surface area (Å²) in [6.45, 7) is 5.26. The molecule has 6 nitrogen and oxygen atoms in total. The van der Waals surface area contributed by atoms with E-state index < -0.39 is 35.7 Å². The number of carboxylic acids is 1. The summed E-state index contributed by atoms with van der Waals surface area (Å²) in [6.07, 6.45) is -0.368. The van der Waals surface area contributed by atoms with Crippen molar-refractivity contribution in [3.05, 3.63) is 0 Å². The van der Waals surface area contributed by atoms with Gasteiger partial charge in [-0.05, 0) is 40.0 Å². The van der Waals surface area contributed by atoms with Gasteiger partial charge in [-0.2, -0.15) is 0 Å². The predicted molar refractivity (Wildman–Crippen MR) is 64.1 cm³/mol. The Morgan fingerprint density at radius 2 is 1.89 bits per heavy atom. The third kappa shape index (κ3) is 4.52. The van der Waals surface area contributed by atoms with Crippen molar-refractivity contribution in [1.29, 1.82) is 0 Å². The fourth-order valence-electron chi connectivity index (χ4n) is 2.00. The molecule has 6 heteroatoms. The van der Waals surface area contributed by atoms with Crippen LogP contribution in [-0.4, -0.2) is 40.0 Å². The minimum atomic E-state index is -0.898. The van der Waals surface area contributed by atoms with Gasteiger partial charge in [0, 0.05) is 0 Å². The average molecular weight is 259 g/mol. The van der Waals surface area contributed by atoms with Crippen LogP contribution in [0.3, 0.4) is 0 Å². The number of carboxylic acid groups (broad SMARTS) is 1. The predicted octanol–water partition coefficient (Wildman–Crippen LogP) is 1.13. The maximum absolute atomic E-state index is 11.5. The van der Waals surface area contributed by atoms with Crippen molar-refractivity contribution in [3.63, 3.8) is 0 Å². The van der Waals surface area contributed by atoms with Crippen LogP contribution in [0.5, 0.6) is 0 Å². The molecule has 3 N–H and O–H groups in total. The van der Waals surface area contributed by atoms with Crippen molar-refractivity contribution in [1.82, 2.24) is 5.32 Å². The van der Waals surface area contributed by atoms with Crippen LogP contribution in [0.25, 0.3) is 0 Å². The minimum absolute atomic E-state index is 0.162. The van der Waals surface area contributed by atoms with Gasteiger partial charge in [0.2, 0.25) is 0 Å². The van der Waals surface area contributed by atoms with Gasteiger partial charge in [0.05, 0.1) is 18.1 Å². The number of amides is 1. The second-order valence-electron chi connectivity index (χ2n) is 5.67. The second kappa shape index (κ2) is 5.56. The van der Waals surface area contributed by atoms with Crippen LogP contribution in [-0.2, 0) is 9.53 Å². The van der Waals surface area contributed by atoms with E-state index in [9.17, 15) is 14.7 Å². The normalized spacial score (nSPS) is 28.6. The highest BCUT2D eigenvalue weighted by molar-refractivity contribution is 5.70. The summed E-state index contributed by atoms with van der Waals surface area (Å²) in [5.41, 5.74) is -0.590. The number of carbonyl (C=O) groups is 2. The molecule has 1 amide bonds. The number of ether oxygens (including phenoxy) is 1. The molecule has 0 aromatic heterocycles. The van der Waals surface area contributed by atoms with E-state index in [0.29, 0.717) is 12.8 Å². The third-order valence-electron chi connectivity index (χ3n) is 2.87. The molecule has 0 aliphatic heterocycles. The Balaban J connectivity index is 2.45. The zero-order valence-corrected chi connectivity index (χ0v) is 11.0. The molecule has 1 saturated carbocycles. The maximum Gasteiger partial charge on any atom is 0.407 e. The van der Waals surface area contributed by atoms with Gasteiger partial charge >= 0.3 is 12.1 Å². The Labute approximate surface area is 106 Å². The first-order valence-corrected chi connectivity index (χ1v) is 6.09. The fraction of sp³-hybridized carbons (Fsp3) is 0.833. The molecule has 1 rings (SSSR count). The van der Waals surface area contributed by atoms with Crippen LogP contribution >= 0.6 is 0 Å². The summed E-state index contributed by atoms with van der Waals surface area (Å²) in [4.78, 5) is 22.3. The fourth-order valence-corrected chi connectivity index (χ4v) is 2.00. The smallest absolute Gasteiger partial charge is 0.407 e. The Hall–Kier alpha value is -1.30. The molecule has 18 heavy (non-hydrogen) atoms. The minimum Gasteiger partial charge on any atom is -0.481 e. The van der Waals surface area contributed by atoms with Crippen LogP contribution in [0.1, 0.15) is 40.0 Å². The molecule has 0 bridgehead atoms. The highest BCUT2D eigenvalue weighted by Crippen LogP contribution is 2.25. The molecule has 0 unspecified atom stereocenters. The van der Waals surface area contributed by atoms with E-state index in [2.05, 4.69) is 5.32 Å². The van der Waals surface area contributed by atoms with Gasteiger partial charge in [-0.3, -0.25) is 4.79 Å². The van der Waals surface area contributed by atoms with Crippen molar-refractivity contribution >= 4 is 12.1 Å². The quantitative estimate of drug-likeness (QED) is 0.690. The lowest BCUT2D eigenvalue weighted by Gasteiger charge is -2.32. The van der Waals surface area contributed by atoms with Crippen molar-refractivity contribution in [2.24, 2.45) is 5.92 Å². The third-order valence-corrected chi connectivity index (χ3v) is 2.87. The molecular weight excluding hydrogens is 238 g/mol. The number of aliphatic carboxylic acids is 1. The lowest BCUT2D eigenvalue weighted by atomic mass is 9.84. The second-order valence-corrected chi connectivity index (χ2v) is 5.67. The molecule has 104 valence electrons. The molecule has 0 aromatic rings. The number of hydrogen-bond donors (Lipinski definition) is 3. The number of aliphatic hydroxyl groups excluding tert-OH is 1. The Bertz CT molecular complexity index is 323. The van der Waals surface area contributed by atoms with E-state index in [1.807, 2.05) is 0 Å². The number of rotatable bonds is 2. The van der Waals surface area contributed by atoms with E-state index in [0.717, 1.165) is 0 Å². The lowest BCUT2D eigenvalue weighted by Crippen LogP contribution is -2.49. The van der Waals surface area contributed by atoms with Crippen LogP contribution in [0.4, 0.5) is 4.79 Å². The average Bonchev–Trinajstić information content (AvgIpc) is 2.17. The molecule has 0 spiro atoms. The number of hydrogen-bond acceptors (Lipinski definition) is 4. The summed E-state index contributed by atoms with van der Waals surface area (Å²) in [6, 6.07) is -0.435. The van der Waals surface area contributed by atoms with Gasteiger partial charge in [0.15, 0.2) is 0 Å². The van der Waals surface area contributed by atoms with Crippen LogP contribution < -0.4 is 5.32 Å². The topological polar surface area (TPSA) is 95.9 Å². The number of alkyl carbamates (subject to hydrolysis) is 1. The van der Waals surface area contributed by atoms with Crippen molar-refractivity contribution in [3.8, 4) is 0 Å². The van der Waals surface area contributed by atoms with Gasteiger partial charge < -0.3 is 20.3 Å². The Kier molecular flexibility index (Phi) is 4.56. The van der Waals surface area contributed by atoms with Gasteiger partial charge in [-0.25, -0.2) is 4.79 Å². The molecule has 1 aliphatic rings. The van der Waals surface area contributed by atoms with Crippen LogP contribution in [0.15, 0.2) is 0 Å². The number of carbonyl (C=O) groups excluding carboxylic acids is 1. The lowest BCUT2D eigenvalue weighted by molar-refractivity contribution is -0.144. The van der Waals surface area contributed by atoms with Gasteiger partial charge in [-0.15, -0.1) is 0 Å². The summed E-state index contributed by atoms with van der Waals surface area (Å²) in [7, 11) is 0. The zero-order valence-electron chi connectivity index (χ0n) is 11.0. The number of nitrogens with one attached hydrogen (secondary N) is 1. The van der Waals surface area contributed by atoms with E-state index in [-0.39, 0.29) is 6.42 Å². The Morgan fingerprint density at radius 1 is 1.28 bits per heavy atom. The summed E-state index contributed by atoms with van der Waals surface area (Å²) in [5, 5.41) is 21.2. The van der Waals surface area contributed by atoms with Crippen molar-refractivity contribution in [2.45, 2.75) is 57.8 Å². The van der Waals surface area contributed by atoms with E-state index >= 15 is 0 Å². The van der Waals surface area contributed by atoms with Crippen LogP contribution in [0.2, 0.25) is 0 Å². The maximum atomic E-state index is 11.5.